The first-order valence-corrected chi connectivity index (χ1v) is 2.63. The van der Waals surface area contributed by atoms with Gasteiger partial charge in [-0.2, -0.15) is 8.78 Å². The van der Waals surface area contributed by atoms with Crippen LogP contribution in [0.15, 0.2) is 12.7 Å². The van der Waals surface area contributed by atoms with E-state index in [1.807, 2.05) is 0 Å². The Morgan fingerprint density at radius 2 is 2.00 bits per heavy atom. The van der Waals surface area contributed by atoms with Gasteiger partial charge < -0.3 is 0 Å². The molecule has 0 aliphatic heterocycles. The van der Waals surface area contributed by atoms with Crippen LogP contribution in [0.3, 0.4) is 0 Å². The van der Waals surface area contributed by atoms with E-state index < -0.39 is 10.8 Å². The van der Waals surface area contributed by atoms with Crippen molar-refractivity contribution in [3.63, 3.8) is 0 Å². The van der Waals surface area contributed by atoms with Gasteiger partial charge in [-0.1, -0.05) is 6.08 Å². The molecule has 1 unspecified atom stereocenters. The lowest BCUT2D eigenvalue weighted by Gasteiger charge is -2.08. The molecule has 8 heavy (non-hydrogen) atoms. The Hall–Kier alpha value is 0.180. The predicted octanol–water partition coefficient (Wildman–Crippen LogP) is 2.61. The van der Waals surface area contributed by atoms with Gasteiger partial charge in [0, 0.05) is 0 Å². The van der Waals surface area contributed by atoms with Gasteiger partial charge >= 0.3 is 5.38 Å². The van der Waals surface area contributed by atoms with Gasteiger partial charge in [-0.25, -0.2) is 0 Å². The van der Waals surface area contributed by atoms with E-state index in [2.05, 4.69) is 18.2 Å². The van der Waals surface area contributed by atoms with Gasteiger partial charge in [-0.3, -0.25) is 0 Å². The van der Waals surface area contributed by atoms with Crippen LogP contribution in [-0.4, -0.2) is 10.8 Å². The predicted molar refractivity (Wildman–Crippen MR) is 30.6 cm³/mol. The highest BCUT2D eigenvalue weighted by molar-refractivity contribution is 6.31. The van der Waals surface area contributed by atoms with Crippen molar-refractivity contribution >= 4 is 23.2 Å². The lowest BCUT2D eigenvalue weighted by Crippen LogP contribution is -2.18. The number of hydrogen-bond donors (Lipinski definition) is 0. The van der Waals surface area contributed by atoms with E-state index in [4.69, 9.17) is 11.6 Å². The zero-order valence-electron chi connectivity index (χ0n) is 3.87. The second-order valence-electron chi connectivity index (χ2n) is 1.18. The molecule has 0 rings (SSSR count). The summed E-state index contributed by atoms with van der Waals surface area (Å²) >= 11 is 9.39. The largest absolute Gasteiger partial charge is 0.341 e. The van der Waals surface area contributed by atoms with Gasteiger partial charge in [0.15, 0.2) is 0 Å². The third kappa shape index (κ3) is 2.48. The molecule has 0 saturated heterocycles. The minimum atomic E-state index is -3.37. The van der Waals surface area contributed by atoms with E-state index in [9.17, 15) is 8.78 Å². The van der Waals surface area contributed by atoms with Crippen LogP contribution < -0.4 is 0 Å². The first-order chi connectivity index (χ1) is 3.48. The standard InChI is InChI=1S/C4H4Cl2F2/c1-2-3(5)4(6,7)8/h2-3H,1H2. The molecule has 0 aliphatic carbocycles. The highest BCUT2D eigenvalue weighted by Crippen LogP contribution is 2.27. The van der Waals surface area contributed by atoms with Crippen molar-refractivity contribution in [3.05, 3.63) is 12.7 Å². The van der Waals surface area contributed by atoms with Crippen LogP contribution in [0.1, 0.15) is 0 Å². The third-order valence-corrected chi connectivity index (χ3v) is 1.32. The normalized spacial score (nSPS) is 15.5. The van der Waals surface area contributed by atoms with Crippen LogP contribution in [0.25, 0.3) is 0 Å². The molecular formula is C4H4Cl2F2. The fourth-order valence-corrected chi connectivity index (χ4v) is 0.223. The molecule has 0 bridgehead atoms. The molecular weight excluding hydrogens is 157 g/mol. The van der Waals surface area contributed by atoms with E-state index >= 15 is 0 Å². The fraction of sp³-hybridized carbons (Fsp3) is 0.500. The Kier molecular flexibility index (Phi) is 2.71. The zero-order valence-corrected chi connectivity index (χ0v) is 5.39. The molecule has 0 aliphatic rings. The van der Waals surface area contributed by atoms with Crippen LogP contribution in [-0.2, 0) is 0 Å². The topological polar surface area (TPSA) is 0 Å². The van der Waals surface area contributed by atoms with Gasteiger partial charge in [0.25, 0.3) is 0 Å². The summed E-state index contributed by atoms with van der Waals surface area (Å²) in [7, 11) is 0. The molecule has 48 valence electrons. The fourth-order valence-electron chi connectivity index (χ4n) is 0.134. The number of hydrogen-bond acceptors (Lipinski definition) is 0. The minimum Gasteiger partial charge on any atom is -0.186 e. The van der Waals surface area contributed by atoms with E-state index in [0.717, 1.165) is 6.08 Å². The maximum atomic E-state index is 11.7. The molecule has 0 aromatic heterocycles. The smallest absolute Gasteiger partial charge is 0.186 e. The number of halogens is 4. The van der Waals surface area contributed by atoms with Gasteiger partial charge in [-0.05, 0) is 11.6 Å². The van der Waals surface area contributed by atoms with E-state index in [0.29, 0.717) is 0 Å². The summed E-state index contributed by atoms with van der Waals surface area (Å²) in [5.41, 5.74) is 0. The first kappa shape index (κ1) is 8.18. The Morgan fingerprint density at radius 3 is 2.00 bits per heavy atom. The Balaban J connectivity index is 3.80. The molecule has 0 N–H and O–H groups in total. The number of alkyl halides is 4. The Morgan fingerprint density at radius 1 is 1.62 bits per heavy atom. The summed E-state index contributed by atoms with van der Waals surface area (Å²) in [5.74, 6) is 0. The van der Waals surface area contributed by atoms with Crippen LogP contribution in [0.2, 0.25) is 0 Å². The summed E-state index contributed by atoms with van der Waals surface area (Å²) in [6.45, 7) is 3.03. The lowest BCUT2D eigenvalue weighted by molar-refractivity contribution is 0.104. The second-order valence-corrected chi connectivity index (χ2v) is 2.15. The Labute approximate surface area is 56.1 Å². The van der Waals surface area contributed by atoms with Gasteiger partial charge in [0.1, 0.15) is 5.38 Å². The minimum absolute atomic E-state index is 0.883. The average molecular weight is 161 g/mol. The van der Waals surface area contributed by atoms with Gasteiger partial charge in [0.05, 0.1) is 0 Å². The monoisotopic (exact) mass is 160 g/mol. The molecule has 0 nitrogen and oxygen atoms in total. The summed E-state index contributed by atoms with van der Waals surface area (Å²) in [6.07, 6.45) is 0.883. The van der Waals surface area contributed by atoms with E-state index in [1.54, 1.807) is 0 Å². The van der Waals surface area contributed by atoms with Crippen molar-refractivity contribution < 1.29 is 8.78 Å². The highest BCUT2D eigenvalue weighted by atomic mass is 35.5. The first-order valence-electron chi connectivity index (χ1n) is 1.82. The molecule has 0 fully saturated rings. The molecule has 0 heterocycles. The lowest BCUT2D eigenvalue weighted by atomic mass is 10.4. The van der Waals surface area contributed by atoms with Crippen LogP contribution in [0.5, 0.6) is 0 Å². The molecule has 0 radical (unpaired) electrons. The van der Waals surface area contributed by atoms with Gasteiger partial charge in [0.2, 0.25) is 0 Å². The van der Waals surface area contributed by atoms with Crippen LogP contribution in [0.4, 0.5) is 8.78 Å². The summed E-state index contributed by atoms with van der Waals surface area (Å²) in [6, 6.07) is 0. The molecule has 0 amide bonds. The van der Waals surface area contributed by atoms with Crippen LogP contribution in [0, 0.1) is 0 Å². The zero-order chi connectivity index (χ0) is 6.78. The molecule has 0 aromatic carbocycles. The second kappa shape index (κ2) is 2.65. The van der Waals surface area contributed by atoms with Crippen molar-refractivity contribution in [2.45, 2.75) is 10.8 Å². The van der Waals surface area contributed by atoms with E-state index in [-0.39, 0.29) is 0 Å². The molecule has 1 atom stereocenters. The van der Waals surface area contributed by atoms with Crippen molar-refractivity contribution in [2.75, 3.05) is 0 Å². The highest BCUT2D eigenvalue weighted by Gasteiger charge is 2.32. The van der Waals surface area contributed by atoms with Crippen molar-refractivity contribution in [1.29, 1.82) is 0 Å². The number of allylic oxidation sites excluding steroid dienone is 1. The molecule has 4 heteroatoms. The number of rotatable bonds is 2. The molecule has 0 saturated carbocycles. The molecule has 0 aromatic rings. The Bertz CT molecular complexity index is 86.5. The average Bonchev–Trinajstić information content (AvgIpc) is 1.62. The summed E-state index contributed by atoms with van der Waals surface area (Å²) in [4.78, 5) is 0. The SMILES string of the molecule is C=CC(Cl)C(F)(F)Cl. The third-order valence-electron chi connectivity index (χ3n) is 0.520. The summed E-state index contributed by atoms with van der Waals surface area (Å²) < 4.78 is 23.4. The van der Waals surface area contributed by atoms with Crippen molar-refractivity contribution in [1.82, 2.24) is 0 Å². The van der Waals surface area contributed by atoms with E-state index in [1.165, 1.54) is 0 Å². The molecule has 0 spiro atoms. The maximum absolute atomic E-state index is 11.7. The summed E-state index contributed by atoms with van der Waals surface area (Å²) in [5, 5.41) is -4.85. The maximum Gasteiger partial charge on any atom is 0.341 e. The quantitative estimate of drug-likeness (QED) is 0.431. The van der Waals surface area contributed by atoms with Crippen molar-refractivity contribution in [3.8, 4) is 0 Å². The van der Waals surface area contributed by atoms with Crippen LogP contribution >= 0.6 is 23.2 Å². The van der Waals surface area contributed by atoms with Gasteiger partial charge in [-0.15, -0.1) is 18.2 Å². The van der Waals surface area contributed by atoms with Crippen molar-refractivity contribution in [2.24, 2.45) is 0 Å².